The zero-order chi connectivity index (χ0) is 11.3. The monoisotopic (exact) mass is 212 g/mol. The van der Waals surface area contributed by atoms with Gasteiger partial charge in [-0.25, -0.2) is 0 Å². The van der Waals surface area contributed by atoms with E-state index in [1.165, 1.54) is 0 Å². The van der Waals surface area contributed by atoms with Gasteiger partial charge in [0.15, 0.2) is 0 Å². The van der Waals surface area contributed by atoms with Gasteiger partial charge in [0.1, 0.15) is 5.78 Å². The van der Waals surface area contributed by atoms with Crippen molar-refractivity contribution in [1.82, 2.24) is 0 Å². The van der Waals surface area contributed by atoms with E-state index < -0.39 is 0 Å². The third-order valence-electron chi connectivity index (χ3n) is 2.82. The highest BCUT2D eigenvalue weighted by atomic mass is 16.5. The molecule has 0 spiro atoms. The Labute approximate surface area is 91.2 Å². The molecule has 1 aliphatic rings. The number of ketones is 1. The van der Waals surface area contributed by atoms with Crippen LogP contribution in [0.15, 0.2) is 0 Å². The Morgan fingerprint density at radius 3 is 2.53 bits per heavy atom. The zero-order valence-corrected chi connectivity index (χ0v) is 9.62. The Kier molecular flexibility index (Phi) is 4.79. The Morgan fingerprint density at radius 1 is 1.20 bits per heavy atom. The number of rotatable bonds is 7. The van der Waals surface area contributed by atoms with E-state index in [0.717, 1.165) is 19.3 Å². The number of hydrogen-bond donors (Lipinski definition) is 0. The molecule has 0 aliphatic heterocycles. The smallest absolute Gasteiger partial charge is 0.309 e. The minimum atomic E-state index is -0.189. The Bertz CT molecular complexity index is 235. The predicted molar refractivity (Wildman–Crippen MR) is 57.4 cm³/mol. The number of esters is 1. The van der Waals surface area contributed by atoms with Gasteiger partial charge in [0.2, 0.25) is 0 Å². The summed E-state index contributed by atoms with van der Waals surface area (Å²) in [5, 5.41) is 0. The van der Waals surface area contributed by atoms with Crippen molar-refractivity contribution in [2.75, 3.05) is 6.61 Å². The lowest BCUT2D eigenvalue weighted by Crippen LogP contribution is -2.11. The van der Waals surface area contributed by atoms with Crippen molar-refractivity contribution in [3.63, 3.8) is 0 Å². The van der Waals surface area contributed by atoms with E-state index in [1.807, 2.05) is 0 Å². The predicted octanol–water partition coefficient (Wildman–Crippen LogP) is 2.33. The van der Waals surface area contributed by atoms with E-state index in [1.54, 1.807) is 6.92 Å². The first-order valence-electron chi connectivity index (χ1n) is 5.90. The van der Waals surface area contributed by atoms with Crippen LogP contribution in [0, 0.1) is 11.8 Å². The second-order valence-corrected chi connectivity index (χ2v) is 4.12. The lowest BCUT2D eigenvalue weighted by Gasteiger charge is -2.00. The molecular formula is C12H20O3. The van der Waals surface area contributed by atoms with Crippen LogP contribution in [-0.2, 0) is 14.3 Å². The maximum absolute atomic E-state index is 11.6. The highest BCUT2D eigenvalue weighted by Gasteiger charge is 2.48. The number of carbonyl (C=O) groups excluding carboxylic acids is 2. The van der Waals surface area contributed by atoms with Crippen LogP contribution in [0.25, 0.3) is 0 Å². The molecule has 0 heterocycles. The highest BCUT2D eigenvalue weighted by Crippen LogP contribution is 2.41. The lowest BCUT2D eigenvalue weighted by atomic mass is 10.1. The van der Waals surface area contributed by atoms with Crippen LogP contribution in [0.2, 0.25) is 0 Å². The van der Waals surface area contributed by atoms with E-state index in [2.05, 4.69) is 6.92 Å². The van der Waals surface area contributed by atoms with Crippen molar-refractivity contribution in [2.45, 2.75) is 46.0 Å². The molecule has 15 heavy (non-hydrogen) atoms. The summed E-state index contributed by atoms with van der Waals surface area (Å²) in [6.07, 6.45) is 4.53. The molecule has 0 saturated heterocycles. The van der Waals surface area contributed by atoms with Crippen LogP contribution >= 0.6 is 0 Å². The average Bonchev–Trinajstić information content (AvgIpc) is 2.98. The van der Waals surface area contributed by atoms with Crippen LogP contribution in [0.4, 0.5) is 0 Å². The molecule has 0 radical (unpaired) electrons. The lowest BCUT2D eigenvalue weighted by molar-refractivity contribution is -0.145. The third kappa shape index (κ3) is 3.65. The maximum atomic E-state index is 11.6. The summed E-state index contributed by atoms with van der Waals surface area (Å²) < 4.78 is 4.88. The SMILES string of the molecule is CCCCCC(=O)C1CC1C(=O)OCC. The van der Waals surface area contributed by atoms with Crippen molar-refractivity contribution < 1.29 is 14.3 Å². The Morgan fingerprint density at radius 2 is 1.93 bits per heavy atom. The Balaban J connectivity index is 2.19. The van der Waals surface area contributed by atoms with Gasteiger partial charge >= 0.3 is 5.97 Å². The maximum Gasteiger partial charge on any atom is 0.309 e. The normalized spacial score (nSPS) is 23.6. The summed E-state index contributed by atoms with van der Waals surface area (Å²) >= 11 is 0. The summed E-state index contributed by atoms with van der Waals surface area (Å²) in [5.74, 6) is -0.0900. The molecule has 3 heteroatoms. The summed E-state index contributed by atoms with van der Waals surface area (Å²) in [5.41, 5.74) is 0. The van der Waals surface area contributed by atoms with Crippen molar-refractivity contribution in [3.8, 4) is 0 Å². The van der Waals surface area contributed by atoms with Crippen LogP contribution in [0.1, 0.15) is 46.0 Å². The van der Waals surface area contributed by atoms with Crippen molar-refractivity contribution in [2.24, 2.45) is 11.8 Å². The van der Waals surface area contributed by atoms with Crippen LogP contribution in [-0.4, -0.2) is 18.4 Å². The first-order chi connectivity index (χ1) is 7.20. The standard InChI is InChI=1S/C12H20O3/c1-3-5-6-7-11(13)9-8-10(9)12(14)15-4-2/h9-10H,3-8H2,1-2H3. The number of carbonyl (C=O) groups is 2. The molecule has 86 valence electrons. The third-order valence-corrected chi connectivity index (χ3v) is 2.82. The molecule has 0 aromatic heterocycles. The summed E-state index contributed by atoms with van der Waals surface area (Å²) in [6.45, 7) is 4.31. The topological polar surface area (TPSA) is 43.4 Å². The van der Waals surface area contributed by atoms with Crippen LogP contribution in [0.5, 0.6) is 0 Å². The molecule has 1 aliphatic carbocycles. The van der Waals surface area contributed by atoms with Crippen LogP contribution in [0.3, 0.4) is 0 Å². The molecule has 1 fully saturated rings. The molecule has 2 atom stereocenters. The van der Waals surface area contributed by atoms with Gasteiger partial charge in [0.05, 0.1) is 12.5 Å². The fourth-order valence-electron chi connectivity index (χ4n) is 1.80. The molecule has 0 aromatic rings. The van der Waals surface area contributed by atoms with Gasteiger partial charge in [-0.05, 0) is 19.8 Å². The van der Waals surface area contributed by atoms with Gasteiger partial charge in [-0.15, -0.1) is 0 Å². The molecule has 0 aromatic carbocycles. The van der Waals surface area contributed by atoms with E-state index in [9.17, 15) is 9.59 Å². The molecule has 1 saturated carbocycles. The first-order valence-corrected chi connectivity index (χ1v) is 5.90. The van der Waals surface area contributed by atoms with Crippen LogP contribution < -0.4 is 0 Å². The molecule has 3 nitrogen and oxygen atoms in total. The number of ether oxygens (including phenoxy) is 1. The Hall–Kier alpha value is -0.860. The molecule has 0 amide bonds. The van der Waals surface area contributed by atoms with E-state index in [-0.39, 0.29) is 23.6 Å². The fraction of sp³-hybridized carbons (Fsp3) is 0.833. The summed E-state index contributed by atoms with van der Waals surface area (Å²) in [7, 11) is 0. The molecule has 1 rings (SSSR count). The molecule has 0 N–H and O–H groups in total. The van der Waals surface area contributed by atoms with Crippen molar-refractivity contribution >= 4 is 11.8 Å². The second-order valence-electron chi connectivity index (χ2n) is 4.12. The minimum Gasteiger partial charge on any atom is -0.466 e. The zero-order valence-electron chi connectivity index (χ0n) is 9.62. The van der Waals surface area contributed by atoms with Gasteiger partial charge in [0.25, 0.3) is 0 Å². The molecule has 0 bridgehead atoms. The highest BCUT2D eigenvalue weighted by molar-refractivity contribution is 5.91. The molecule has 2 unspecified atom stereocenters. The fourth-order valence-corrected chi connectivity index (χ4v) is 1.80. The van der Waals surface area contributed by atoms with Gasteiger partial charge in [-0.2, -0.15) is 0 Å². The van der Waals surface area contributed by atoms with E-state index >= 15 is 0 Å². The van der Waals surface area contributed by atoms with Gasteiger partial charge in [-0.1, -0.05) is 19.8 Å². The largest absolute Gasteiger partial charge is 0.466 e. The molecular weight excluding hydrogens is 192 g/mol. The van der Waals surface area contributed by atoms with E-state index in [0.29, 0.717) is 19.4 Å². The van der Waals surface area contributed by atoms with Gasteiger partial charge in [-0.3, -0.25) is 9.59 Å². The number of Topliss-reactive ketones (excluding diaryl/α,β-unsaturated/α-hetero) is 1. The average molecular weight is 212 g/mol. The first kappa shape index (κ1) is 12.2. The summed E-state index contributed by atoms with van der Waals surface area (Å²) in [6, 6.07) is 0. The van der Waals surface area contributed by atoms with Crippen molar-refractivity contribution in [3.05, 3.63) is 0 Å². The minimum absolute atomic E-state index is 0.0269. The van der Waals surface area contributed by atoms with Crippen molar-refractivity contribution in [1.29, 1.82) is 0 Å². The number of unbranched alkanes of at least 4 members (excludes halogenated alkanes) is 2. The second kappa shape index (κ2) is 5.89. The number of hydrogen-bond acceptors (Lipinski definition) is 3. The van der Waals surface area contributed by atoms with Gasteiger partial charge < -0.3 is 4.74 Å². The quantitative estimate of drug-likeness (QED) is 0.480. The summed E-state index contributed by atoms with van der Waals surface area (Å²) in [4.78, 5) is 22.9. The van der Waals surface area contributed by atoms with E-state index in [4.69, 9.17) is 4.74 Å². The van der Waals surface area contributed by atoms with Gasteiger partial charge in [0, 0.05) is 12.3 Å².